The van der Waals surface area contributed by atoms with Crippen LogP contribution < -0.4 is 5.73 Å². The minimum Gasteiger partial charge on any atom is -0.326 e. The summed E-state index contributed by atoms with van der Waals surface area (Å²) in [4.78, 5) is 0. The van der Waals surface area contributed by atoms with E-state index in [2.05, 4.69) is 6.07 Å². The zero-order valence-electron chi connectivity index (χ0n) is 5.60. The Labute approximate surface area is 65.8 Å². The van der Waals surface area contributed by atoms with Crippen molar-refractivity contribution in [2.24, 2.45) is 5.73 Å². The van der Waals surface area contributed by atoms with E-state index in [0.717, 1.165) is 11.1 Å². The highest BCUT2D eigenvalue weighted by atomic mass is 35.5. The van der Waals surface area contributed by atoms with Crippen LogP contribution in [-0.2, 0) is 12.4 Å². The van der Waals surface area contributed by atoms with Gasteiger partial charge < -0.3 is 5.73 Å². The number of nitrogens with two attached hydrogens (primary N) is 1. The minimum atomic E-state index is 0.508. The Morgan fingerprint density at radius 1 is 1.40 bits per heavy atom. The minimum absolute atomic E-state index is 0.508. The van der Waals surface area contributed by atoms with E-state index in [1.54, 1.807) is 0 Å². The monoisotopic (exact) mass is 154 g/mol. The number of alkyl halides is 1. The maximum atomic E-state index is 5.58. The fourth-order valence-corrected chi connectivity index (χ4v) is 0.923. The van der Waals surface area contributed by atoms with E-state index in [-0.39, 0.29) is 0 Å². The summed E-state index contributed by atoms with van der Waals surface area (Å²) in [7, 11) is 0. The Bertz CT molecular complexity index is 191. The lowest BCUT2D eigenvalue weighted by Crippen LogP contribution is -1.96. The molecule has 0 bridgehead atoms. The number of halogens is 1. The number of hydrogen-bond donors (Lipinski definition) is 1. The first kappa shape index (κ1) is 7.58. The predicted octanol–water partition coefficient (Wildman–Crippen LogP) is 1.68. The Hall–Kier alpha value is -0.530. The second-order valence-corrected chi connectivity index (χ2v) is 2.31. The molecule has 0 heterocycles. The lowest BCUT2D eigenvalue weighted by Gasteiger charge is -1.96. The molecule has 1 nitrogen and oxygen atoms in total. The number of hydrogen-bond acceptors (Lipinski definition) is 1. The van der Waals surface area contributed by atoms with Gasteiger partial charge >= 0.3 is 0 Å². The molecule has 1 aromatic carbocycles. The molecule has 1 radical (unpaired) electrons. The summed E-state index contributed by atoms with van der Waals surface area (Å²) in [6.07, 6.45) is 0. The fourth-order valence-electron chi connectivity index (χ4n) is 0.767. The molecule has 0 aliphatic heterocycles. The van der Waals surface area contributed by atoms with Crippen molar-refractivity contribution in [3.63, 3.8) is 0 Å². The lowest BCUT2D eigenvalue weighted by atomic mass is 10.1. The van der Waals surface area contributed by atoms with Gasteiger partial charge in [0.2, 0.25) is 0 Å². The molecule has 2 N–H and O–H groups in total. The SMILES string of the molecule is NCc1[c]c(CCl)ccc1. The third-order valence-electron chi connectivity index (χ3n) is 1.28. The van der Waals surface area contributed by atoms with Gasteiger partial charge in [0.1, 0.15) is 0 Å². The predicted molar refractivity (Wildman–Crippen MR) is 42.7 cm³/mol. The van der Waals surface area contributed by atoms with Crippen molar-refractivity contribution in [1.82, 2.24) is 0 Å². The van der Waals surface area contributed by atoms with Crippen LogP contribution in [0.5, 0.6) is 0 Å². The van der Waals surface area contributed by atoms with Crippen molar-refractivity contribution >= 4 is 11.6 Å². The summed E-state index contributed by atoms with van der Waals surface area (Å²) in [5.74, 6) is 0.508. The van der Waals surface area contributed by atoms with Crippen LogP contribution in [0.15, 0.2) is 18.2 Å². The van der Waals surface area contributed by atoms with Gasteiger partial charge in [0, 0.05) is 12.4 Å². The lowest BCUT2D eigenvalue weighted by molar-refractivity contribution is 1.06. The van der Waals surface area contributed by atoms with E-state index in [1.807, 2.05) is 18.2 Å². The molecule has 1 rings (SSSR count). The standard InChI is InChI=1S/C8H9ClN/c9-5-7-2-1-3-8(4-7)6-10/h1-3H,5-6,10H2. The maximum Gasteiger partial charge on any atom is 0.0480 e. The summed E-state index contributed by atoms with van der Waals surface area (Å²) in [5.41, 5.74) is 7.42. The van der Waals surface area contributed by atoms with Crippen LogP contribution >= 0.6 is 11.6 Å². The molecule has 0 aliphatic rings. The summed E-state index contributed by atoms with van der Waals surface area (Å²) in [6.45, 7) is 0.532. The average Bonchev–Trinajstić information content (AvgIpc) is 2.05. The Balaban J connectivity index is 2.87. The van der Waals surface area contributed by atoms with Gasteiger partial charge in [-0.05, 0) is 17.2 Å². The molecule has 0 spiro atoms. The van der Waals surface area contributed by atoms with Crippen molar-refractivity contribution < 1.29 is 0 Å². The average molecular weight is 155 g/mol. The molecule has 0 fully saturated rings. The zero-order valence-corrected chi connectivity index (χ0v) is 6.36. The molecule has 0 saturated heterocycles. The van der Waals surface area contributed by atoms with Crippen LogP contribution in [0.25, 0.3) is 0 Å². The molecule has 0 aromatic heterocycles. The molecular weight excluding hydrogens is 146 g/mol. The van der Waals surface area contributed by atoms with Crippen molar-refractivity contribution in [2.75, 3.05) is 0 Å². The van der Waals surface area contributed by atoms with Crippen molar-refractivity contribution in [2.45, 2.75) is 12.4 Å². The molecule has 0 aliphatic carbocycles. The second kappa shape index (κ2) is 3.59. The van der Waals surface area contributed by atoms with Crippen LogP contribution in [0.4, 0.5) is 0 Å². The summed E-state index contributed by atoms with van der Waals surface area (Å²) in [5, 5.41) is 0. The highest BCUT2D eigenvalue weighted by molar-refractivity contribution is 6.17. The van der Waals surface area contributed by atoms with Crippen molar-refractivity contribution in [1.29, 1.82) is 0 Å². The van der Waals surface area contributed by atoms with Gasteiger partial charge in [-0.25, -0.2) is 0 Å². The van der Waals surface area contributed by atoms with Gasteiger partial charge in [-0.1, -0.05) is 18.2 Å². The maximum absolute atomic E-state index is 5.58. The number of rotatable bonds is 2. The zero-order chi connectivity index (χ0) is 7.40. The first-order valence-electron chi connectivity index (χ1n) is 3.13. The van der Waals surface area contributed by atoms with Gasteiger partial charge in [0.25, 0.3) is 0 Å². The first-order chi connectivity index (χ1) is 4.86. The smallest absolute Gasteiger partial charge is 0.0480 e. The molecule has 0 unspecified atom stereocenters. The number of benzene rings is 1. The Morgan fingerprint density at radius 2 is 2.10 bits per heavy atom. The van der Waals surface area contributed by atoms with Gasteiger partial charge in [-0.3, -0.25) is 0 Å². The largest absolute Gasteiger partial charge is 0.326 e. The molecule has 0 atom stereocenters. The van der Waals surface area contributed by atoms with Gasteiger partial charge in [0.05, 0.1) is 0 Å². The van der Waals surface area contributed by atoms with E-state index in [1.165, 1.54) is 0 Å². The summed E-state index contributed by atoms with van der Waals surface area (Å²) >= 11 is 5.58. The van der Waals surface area contributed by atoms with Gasteiger partial charge in [0.15, 0.2) is 0 Å². The van der Waals surface area contributed by atoms with E-state index >= 15 is 0 Å². The van der Waals surface area contributed by atoms with E-state index in [9.17, 15) is 0 Å². The third-order valence-corrected chi connectivity index (χ3v) is 1.57. The van der Waals surface area contributed by atoms with Crippen molar-refractivity contribution in [3.8, 4) is 0 Å². The Morgan fingerprint density at radius 3 is 2.70 bits per heavy atom. The van der Waals surface area contributed by atoms with Gasteiger partial charge in [-0.2, -0.15) is 0 Å². The highest BCUT2D eigenvalue weighted by Gasteiger charge is 1.91. The first-order valence-corrected chi connectivity index (χ1v) is 3.66. The van der Waals surface area contributed by atoms with E-state index < -0.39 is 0 Å². The fraction of sp³-hybridized carbons (Fsp3) is 0.250. The molecule has 0 amide bonds. The topological polar surface area (TPSA) is 26.0 Å². The van der Waals surface area contributed by atoms with Crippen LogP contribution in [0.3, 0.4) is 0 Å². The van der Waals surface area contributed by atoms with E-state index in [0.29, 0.717) is 12.4 Å². The quantitative estimate of drug-likeness (QED) is 0.645. The third kappa shape index (κ3) is 1.72. The molecular formula is C8H9ClN. The second-order valence-electron chi connectivity index (χ2n) is 2.04. The van der Waals surface area contributed by atoms with Crippen molar-refractivity contribution in [3.05, 3.63) is 35.4 Å². The van der Waals surface area contributed by atoms with E-state index in [4.69, 9.17) is 17.3 Å². The molecule has 53 valence electrons. The molecule has 10 heavy (non-hydrogen) atoms. The Kier molecular flexibility index (Phi) is 2.72. The summed E-state index contributed by atoms with van der Waals surface area (Å²) < 4.78 is 0. The normalized spacial score (nSPS) is 9.80. The summed E-state index contributed by atoms with van der Waals surface area (Å²) in [6, 6.07) is 8.90. The molecule has 0 saturated carbocycles. The molecule has 1 aromatic rings. The van der Waals surface area contributed by atoms with Crippen LogP contribution in [-0.4, -0.2) is 0 Å². The highest BCUT2D eigenvalue weighted by Crippen LogP contribution is 2.05. The van der Waals surface area contributed by atoms with Gasteiger partial charge in [-0.15, -0.1) is 11.6 Å². The van der Waals surface area contributed by atoms with Crippen LogP contribution in [0, 0.1) is 6.07 Å². The molecule has 2 heteroatoms. The van der Waals surface area contributed by atoms with Crippen LogP contribution in [0.1, 0.15) is 11.1 Å². The van der Waals surface area contributed by atoms with Crippen LogP contribution in [0.2, 0.25) is 0 Å².